The maximum absolute atomic E-state index is 14.7. The van der Waals surface area contributed by atoms with Crippen LogP contribution in [0.2, 0.25) is 0 Å². The SMILES string of the molecule is CC(=O)N1CCCC(NC2CCC(c3nc(-n4nc(C(C)C)c5cccc(F)c54)no3)CC2)C1. The summed E-state index contributed by atoms with van der Waals surface area (Å²) >= 11 is 0. The van der Waals surface area contributed by atoms with E-state index in [0.29, 0.717) is 23.5 Å². The minimum atomic E-state index is -0.346. The molecule has 1 unspecified atom stereocenters. The second-order valence-corrected chi connectivity index (χ2v) is 10.0. The number of piperidine rings is 1. The van der Waals surface area contributed by atoms with Crippen molar-refractivity contribution in [2.24, 2.45) is 0 Å². The first-order chi connectivity index (χ1) is 16.4. The number of benzene rings is 1. The van der Waals surface area contributed by atoms with Crippen LogP contribution in [0.1, 0.15) is 82.7 Å². The van der Waals surface area contributed by atoms with Crippen LogP contribution in [0.4, 0.5) is 4.39 Å². The van der Waals surface area contributed by atoms with Gasteiger partial charge in [-0.3, -0.25) is 4.79 Å². The van der Waals surface area contributed by atoms with Crippen LogP contribution in [0.5, 0.6) is 0 Å². The zero-order chi connectivity index (χ0) is 23.8. The predicted octanol–water partition coefficient (Wildman–Crippen LogP) is 4.30. The third-order valence-electron chi connectivity index (χ3n) is 7.26. The minimum absolute atomic E-state index is 0.145. The zero-order valence-electron chi connectivity index (χ0n) is 20.1. The van der Waals surface area contributed by atoms with Crippen molar-refractivity contribution in [2.45, 2.75) is 83.2 Å². The molecule has 3 aromatic rings. The fourth-order valence-corrected chi connectivity index (χ4v) is 5.44. The Kier molecular flexibility index (Phi) is 6.38. The Labute approximate surface area is 198 Å². The van der Waals surface area contributed by atoms with E-state index in [-0.39, 0.29) is 29.5 Å². The molecule has 8 nitrogen and oxygen atoms in total. The second-order valence-electron chi connectivity index (χ2n) is 10.0. The van der Waals surface area contributed by atoms with Gasteiger partial charge in [0, 0.05) is 43.4 Å². The molecule has 1 atom stereocenters. The van der Waals surface area contributed by atoms with Crippen LogP contribution in [0, 0.1) is 5.82 Å². The first kappa shape index (κ1) is 23.0. The Balaban J connectivity index is 1.26. The highest BCUT2D eigenvalue weighted by Crippen LogP contribution is 2.34. The number of nitrogens with one attached hydrogen (secondary N) is 1. The summed E-state index contributed by atoms with van der Waals surface area (Å²) in [6, 6.07) is 5.82. The summed E-state index contributed by atoms with van der Waals surface area (Å²) in [6.45, 7) is 7.39. The molecule has 3 heterocycles. The van der Waals surface area contributed by atoms with Gasteiger partial charge in [0.05, 0.1) is 5.69 Å². The highest BCUT2D eigenvalue weighted by molar-refractivity contribution is 5.84. The summed E-state index contributed by atoms with van der Waals surface area (Å²) in [5.41, 5.74) is 1.21. The number of hydrogen-bond acceptors (Lipinski definition) is 6. The lowest BCUT2D eigenvalue weighted by atomic mass is 9.85. The van der Waals surface area contributed by atoms with Crippen LogP contribution in [0.25, 0.3) is 16.9 Å². The van der Waals surface area contributed by atoms with E-state index in [9.17, 15) is 9.18 Å². The first-order valence-corrected chi connectivity index (χ1v) is 12.4. The summed E-state index contributed by atoms with van der Waals surface area (Å²) in [5, 5.41) is 13.3. The number of carbonyl (C=O) groups excluding carboxylic acids is 1. The summed E-state index contributed by atoms with van der Waals surface area (Å²) in [7, 11) is 0. The molecule has 9 heteroatoms. The van der Waals surface area contributed by atoms with Crippen molar-refractivity contribution in [1.82, 2.24) is 30.1 Å². The van der Waals surface area contributed by atoms with E-state index >= 15 is 0 Å². The standard InChI is InChI=1S/C25H33FN6O2/c1-15(2)22-20-7-4-8-21(26)23(20)32(29-22)25-28-24(34-30-25)17-9-11-18(12-10-17)27-19-6-5-13-31(14-19)16(3)33/h4,7-8,15,17-19,27H,5-6,9-14H2,1-3H3. The number of amides is 1. The van der Waals surface area contributed by atoms with Gasteiger partial charge in [0.15, 0.2) is 0 Å². The number of carbonyl (C=O) groups is 1. The summed E-state index contributed by atoms with van der Waals surface area (Å²) in [6.07, 6.45) is 6.12. The molecular formula is C25H33FN6O2. The van der Waals surface area contributed by atoms with Gasteiger partial charge >= 0.3 is 0 Å². The smallest absolute Gasteiger partial charge is 0.291 e. The van der Waals surface area contributed by atoms with E-state index in [1.54, 1.807) is 13.0 Å². The molecule has 1 amide bonds. The third kappa shape index (κ3) is 4.45. The van der Waals surface area contributed by atoms with Crippen LogP contribution in [0.3, 0.4) is 0 Å². The van der Waals surface area contributed by atoms with Gasteiger partial charge in [-0.15, -0.1) is 0 Å². The molecule has 5 rings (SSSR count). The van der Waals surface area contributed by atoms with Crippen LogP contribution < -0.4 is 5.32 Å². The molecule has 2 aliphatic rings. The van der Waals surface area contributed by atoms with Gasteiger partial charge in [-0.2, -0.15) is 14.8 Å². The maximum Gasteiger partial charge on any atom is 0.291 e. The van der Waals surface area contributed by atoms with E-state index in [2.05, 4.69) is 20.6 Å². The average Bonchev–Trinajstić information content (AvgIpc) is 3.46. The van der Waals surface area contributed by atoms with Crippen LogP contribution in [-0.4, -0.2) is 55.9 Å². The number of hydrogen-bond donors (Lipinski definition) is 1. The van der Waals surface area contributed by atoms with Crippen molar-refractivity contribution < 1.29 is 13.7 Å². The summed E-state index contributed by atoms with van der Waals surface area (Å²) < 4.78 is 21.8. The maximum atomic E-state index is 14.7. The average molecular weight is 469 g/mol. The summed E-state index contributed by atoms with van der Waals surface area (Å²) in [4.78, 5) is 18.3. The lowest BCUT2D eigenvalue weighted by Crippen LogP contribution is -2.50. The molecular weight excluding hydrogens is 435 g/mol. The molecule has 182 valence electrons. The van der Waals surface area contributed by atoms with Crippen LogP contribution in [-0.2, 0) is 4.79 Å². The van der Waals surface area contributed by atoms with E-state index in [1.807, 2.05) is 24.8 Å². The molecule has 0 bridgehead atoms. The van der Waals surface area contributed by atoms with Crippen molar-refractivity contribution in [3.8, 4) is 5.95 Å². The monoisotopic (exact) mass is 468 g/mol. The molecule has 1 aliphatic heterocycles. The fourth-order valence-electron chi connectivity index (χ4n) is 5.44. The van der Waals surface area contributed by atoms with Crippen molar-refractivity contribution in [2.75, 3.05) is 13.1 Å². The molecule has 0 radical (unpaired) electrons. The van der Waals surface area contributed by atoms with Gasteiger partial charge < -0.3 is 14.7 Å². The van der Waals surface area contributed by atoms with E-state index in [1.165, 1.54) is 10.7 Å². The lowest BCUT2D eigenvalue weighted by molar-refractivity contribution is -0.130. The Morgan fingerprint density at radius 3 is 2.71 bits per heavy atom. The van der Waals surface area contributed by atoms with Gasteiger partial charge in [0.25, 0.3) is 5.95 Å². The Morgan fingerprint density at radius 2 is 1.97 bits per heavy atom. The molecule has 1 saturated heterocycles. The van der Waals surface area contributed by atoms with Crippen molar-refractivity contribution >= 4 is 16.8 Å². The quantitative estimate of drug-likeness (QED) is 0.601. The number of halogens is 1. The normalized spacial score (nSPS) is 23.7. The number of fused-ring (bicyclic) bond motifs is 1. The van der Waals surface area contributed by atoms with Crippen LogP contribution >= 0.6 is 0 Å². The summed E-state index contributed by atoms with van der Waals surface area (Å²) in [5.74, 6) is 1.03. The van der Waals surface area contributed by atoms with Crippen molar-refractivity contribution in [3.63, 3.8) is 0 Å². The van der Waals surface area contributed by atoms with Gasteiger partial charge in [0.1, 0.15) is 11.3 Å². The number of aromatic nitrogens is 4. The van der Waals surface area contributed by atoms with Gasteiger partial charge in [-0.1, -0.05) is 26.0 Å². The molecule has 1 N–H and O–H groups in total. The number of rotatable bonds is 5. The Bertz CT molecular complexity index is 1160. The van der Waals surface area contributed by atoms with Crippen LogP contribution in [0.15, 0.2) is 22.7 Å². The van der Waals surface area contributed by atoms with Gasteiger partial charge in [0.2, 0.25) is 11.8 Å². The van der Waals surface area contributed by atoms with E-state index in [0.717, 1.165) is 62.7 Å². The number of likely N-dealkylation sites (tertiary alicyclic amines) is 1. The molecule has 1 aliphatic carbocycles. The molecule has 34 heavy (non-hydrogen) atoms. The topological polar surface area (TPSA) is 89.1 Å². The Hall–Kier alpha value is -2.81. The van der Waals surface area contributed by atoms with E-state index in [4.69, 9.17) is 4.52 Å². The highest BCUT2D eigenvalue weighted by Gasteiger charge is 2.30. The zero-order valence-corrected chi connectivity index (χ0v) is 20.1. The fraction of sp³-hybridized carbons (Fsp3) is 0.600. The van der Waals surface area contributed by atoms with E-state index < -0.39 is 0 Å². The third-order valence-corrected chi connectivity index (χ3v) is 7.26. The second kappa shape index (κ2) is 9.44. The van der Waals surface area contributed by atoms with Gasteiger partial charge in [-0.05, 0) is 55.7 Å². The largest absolute Gasteiger partial charge is 0.341 e. The highest BCUT2D eigenvalue weighted by atomic mass is 19.1. The molecule has 0 spiro atoms. The van der Waals surface area contributed by atoms with Gasteiger partial charge in [-0.25, -0.2) is 4.39 Å². The first-order valence-electron chi connectivity index (χ1n) is 12.4. The Morgan fingerprint density at radius 1 is 1.18 bits per heavy atom. The number of para-hydroxylation sites is 1. The van der Waals surface area contributed by atoms with Crippen molar-refractivity contribution in [3.05, 3.63) is 35.6 Å². The number of nitrogens with zero attached hydrogens (tertiary/aromatic N) is 5. The van der Waals surface area contributed by atoms with Crippen molar-refractivity contribution in [1.29, 1.82) is 0 Å². The lowest BCUT2D eigenvalue weighted by Gasteiger charge is -2.36. The molecule has 1 aromatic carbocycles. The minimum Gasteiger partial charge on any atom is -0.341 e. The predicted molar refractivity (Wildman–Crippen MR) is 126 cm³/mol. The molecule has 2 fully saturated rings. The molecule has 1 saturated carbocycles. The molecule has 2 aromatic heterocycles.